The maximum Gasteiger partial charge on any atom is 0.267 e. The minimum absolute atomic E-state index is 0.0257. The summed E-state index contributed by atoms with van der Waals surface area (Å²) in [5.41, 5.74) is 2.04. The summed E-state index contributed by atoms with van der Waals surface area (Å²) in [6, 6.07) is 4.11. The van der Waals surface area contributed by atoms with E-state index in [9.17, 15) is 4.79 Å². The van der Waals surface area contributed by atoms with Gasteiger partial charge in [-0.15, -0.1) is 0 Å². The molecule has 1 amide bonds. The Morgan fingerprint density at radius 2 is 2.11 bits per heavy atom. The molecule has 0 N–H and O–H groups in total. The van der Waals surface area contributed by atoms with Gasteiger partial charge in [0, 0.05) is 7.05 Å². The van der Waals surface area contributed by atoms with Crippen LogP contribution in [-0.4, -0.2) is 19.1 Å². The van der Waals surface area contributed by atoms with Crippen molar-refractivity contribution in [3.05, 3.63) is 22.2 Å². The third kappa shape index (κ3) is 2.14. The average molecular weight is 312 g/mol. The number of anilines is 1. The lowest BCUT2D eigenvalue weighted by Gasteiger charge is -2.32. The van der Waals surface area contributed by atoms with Crippen molar-refractivity contribution in [1.82, 2.24) is 0 Å². The summed E-state index contributed by atoms with van der Waals surface area (Å²) in [7, 11) is 1.81. The van der Waals surface area contributed by atoms with E-state index in [0.717, 1.165) is 15.9 Å². The SMILES string of the molecule is CCC1Oc2c(Br)cc(C(C)C)cc2N(C)C1=O. The molecule has 0 spiro atoms. The van der Waals surface area contributed by atoms with Crippen LogP contribution < -0.4 is 9.64 Å². The van der Waals surface area contributed by atoms with E-state index in [2.05, 4.69) is 35.8 Å². The molecule has 1 aliphatic heterocycles. The predicted octanol–water partition coefficient (Wildman–Crippen LogP) is 3.71. The molecule has 1 unspecified atom stereocenters. The molecule has 0 aliphatic carbocycles. The molecular weight excluding hydrogens is 294 g/mol. The Labute approximate surface area is 116 Å². The van der Waals surface area contributed by atoms with E-state index in [1.165, 1.54) is 5.56 Å². The lowest BCUT2D eigenvalue weighted by molar-refractivity contribution is -0.126. The molecule has 2 rings (SSSR count). The second-order valence-corrected chi connectivity index (χ2v) is 5.77. The highest BCUT2D eigenvalue weighted by molar-refractivity contribution is 9.10. The molecule has 0 radical (unpaired) electrons. The molecule has 0 aromatic heterocycles. The van der Waals surface area contributed by atoms with E-state index in [-0.39, 0.29) is 12.0 Å². The molecule has 0 fully saturated rings. The van der Waals surface area contributed by atoms with Gasteiger partial charge in [-0.25, -0.2) is 0 Å². The van der Waals surface area contributed by atoms with Crippen LogP contribution in [-0.2, 0) is 4.79 Å². The smallest absolute Gasteiger partial charge is 0.267 e. The highest BCUT2D eigenvalue weighted by Gasteiger charge is 2.32. The monoisotopic (exact) mass is 311 g/mol. The van der Waals surface area contributed by atoms with E-state index >= 15 is 0 Å². The Bertz CT molecular complexity index is 485. The van der Waals surface area contributed by atoms with Gasteiger partial charge in [0.15, 0.2) is 11.9 Å². The van der Waals surface area contributed by atoms with Crippen LogP contribution in [0, 0.1) is 0 Å². The van der Waals surface area contributed by atoms with Gasteiger partial charge in [-0.3, -0.25) is 4.79 Å². The molecule has 1 atom stereocenters. The number of nitrogens with zero attached hydrogens (tertiary/aromatic N) is 1. The molecule has 0 saturated carbocycles. The third-order valence-electron chi connectivity index (χ3n) is 3.31. The Morgan fingerprint density at radius 3 is 2.67 bits per heavy atom. The second-order valence-electron chi connectivity index (χ2n) is 4.92. The first-order valence-electron chi connectivity index (χ1n) is 6.23. The number of carbonyl (C=O) groups excluding carboxylic acids is 1. The Kier molecular flexibility index (Phi) is 3.66. The van der Waals surface area contributed by atoms with Gasteiger partial charge in [0.1, 0.15) is 0 Å². The second kappa shape index (κ2) is 4.92. The van der Waals surface area contributed by atoms with Crippen molar-refractivity contribution < 1.29 is 9.53 Å². The zero-order chi connectivity index (χ0) is 13.4. The van der Waals surface area contributed by atoms with Gasteiger partial charge in [0.2, 0.25) is 0 Å². The highest BCUT2D eigenvalue weighted by atomic mass is 79.9. The van der Waals surface area contributed by atoms with Gasteiger partial charge in [-0.05, 0) is 46.0 Å². The van der Waals surface area contributed by atoms with Crippen LogP contribution in [0.15, 0.2) is 16.6 Å². The fourth-order valence-corrected chi connectivity index (χ4v) is 2.64. The third-order valence-corrected chi connectivity index (χ3v) is 3.90. The standard InChI is InChI=1S/C14H18BrNO2/c1-5-12-14(17)16(4)11-7-9(8(2)3)6-10(15)13(11)18-12/h6-8,12H,5H2,1-4H3. The van der Waals surface area contributed by atoms with Crippen LogP contribution in [0.1, 0.15) is 38.7 Å². The summed E-state index contributed by atoms with van der Waals surface area (Å²) in [6.07, 6.45) is 0.310. The number of likely N-dealkylation sites (N-methyl/N-ethyl adjacent to an activating group) is 1. The molecule has 1 heterocycles. The molecule has 4 heteroatoms. The van der Waals surface area contributed by atoms with Gasteiger partial charge >= 0.3 is 0 Å². The van der Waals surface area contributed by atoms with Crippen molar-refractivity contribution in [2.75, 3.05) is 11.9 Å². The van der Waals surface area contributed by atoms with Crippen molar-refractivity contribution in [1.29, 1.82) is 0 Å². The van der Waals surface area contributed by atoms with Crippen molar-refractivity contribution >= 4 is 27.5 Å². The van der Waals surface area contributed by atoms with Gasteiger partial charge in [0.25, 0.3) is 5.91 Å². The lowest BCUT2D eigenvalue weighted by atomic mass is 10.0. The minimum atomic E-state index is -0.372. The van der Waals surface area contributed by atoms with Crippen molar-refractivity contribution in [2.45, 2.75) is 39.2 Å². The van der Waals surface area contributed by atoms with Crippen LogP contribution in [0.3, 0.4) is 0 Å². The fourth-order valence-electron chi connectivity index (χ4n) is 2.08. The molecule has 1 aliphatic rings. The number of hydrogen-bond acceptors (Lipinski definition) is 2. The average Bonchev–Trinajstić information content (AvgIpc) is 2.33. The quantitative estimate of drug-likeness (QED) is 0.833. The maximum atomic E-state index is 12.1. The summed E-state index contributed by atoms with van der Waals surface area (Å²) < 4.78 is 6.71. The van der Waals surface area contributed by atoms with Crippen LogP contribution in [0.2, 0.25) is 0 Å². The molecule has 1 aromatic carbocycles. The van der Waals surface area contributed by atoms with Gasteiger partial charge < -0.3 is 9.64 Å². The fraction of sp³-hybridized carbons (Fsp3) is 0.500. The van der Waals surface area contributed by atoms with E-state index in [1.54, 1.807) is 4.90 Å². The molecule has 0 bridgehead atoms. The number of halogens is 1. The largest absolute Gasteiger partial charge is 0.477 e. The molecule has 3 nitrogen and oxygen atoms in total. The molecule has 0 saturated heterocycles. The zero-order valence-corrected chi connectivity index (χ0v) is 12.7. The van der Waals surface area contributed by atoms with Gasteiger partial charge in [-0.1, -0.05) is 20.8 Å². The number of ether oxygens (including phenoxy) is 1. The maximum absolute atomic E-state index is 12.1. The number of benzene rings is 1. The van der Waals surface area contributed by atoms with Crippen LogP contribution in [0.4, 0.5) is 5.69 Å². The van der Waals surface area contributed by atoms with Crippen LogP contribution in [0.5, 0.6) is 5.75 Å². The van der Waals surface area contributed by atoms with Crippen molar-refractivity contribution in [3.63, 3.8) is 0 Å². The number of carbonyl (C=O) groups is 1. The molecule has 1 aromatic rings. The van der Waals surface area contributed by atoms with Crippen molar-refractivity contribution in [2.24, 2.45) is 0 Å². The molecular formula is C14H18BrNO2. The first kappa shape index (κ1) is 13.4. The summed E-state index contributed by atoms with van der Waals surface area (Å²) in [5.74, 6) is 1.21. The van der Waals surface area contributed by atoms with E-state index < -0.39 is 0 Å². The first-order chi connectivity index (χ1) is 8.45. The number of amides is 1. The molecule has 18 heavy (non-hydrogen) atoms. The number of hydrogen-bond donors (Lipinski definition) is 0. The Balaban J connectivity index is 2.53. The normalized spacial score (nSPS) is 18.9. The number of fused-ring (bicyclic) bond motifs is 1. The van der Waals surface area contributed by atoms with E-state index in [4.69, 9.17) is 4.74 Å². The summed E-state index contributed by atoms with van der Waals surface area (Å²) in [4.78, 5) is 13.8. The summed E-state index contributed by atoms with van der Waals surface area (Å²) in [6.45, 7) is 6.22. The van der Waals surface area contributed by atoms with Crippen LogP contribution >= 0.6 is 15.9 Å². The molecule has 98 valence electrons. The van der Waals surface area contributed by atoms with Crippen molar-refractivity contribution in [3.8, 4) is 5.75 Å². The van der Waals surface area contributed by atoms with Gasteiger partial charge in [0.05, 0.1) is 10.2 Å². The predicted molar refractivity (Wildman–Crippen MR) is 76.3 cm³/mol. The van der Waals surface area contributed by atoms with E-state index in [0.29, 0.717) is 12.3 Å². The lowest BCUT2D eigenvalue weighted by Crippen LogP contribution is -2.43. The van der Waals surface area contributed by atoms with Crippen LogP contribution in [0.25, 0.3) is 0 Å². The Hall–Kier alpha value is -1.03. The van der Waals surface area contributed by atoms with Gasteiger partial charge in [-0.2, -0.15) is 0 Å². The summed E-state index contributed by atoms with van der Waals surface area (Å²) >= 11 is 3.54. The highest BCUT2D eigenvalue weighted by Crippen LogP contribution is 2.42. The van der Waals surface area contributed by atoms with E-state index in [1.807, 2.05) is 20.0 Å². The Morgan fingerprint density at radius 1 is 1.44 bits per heavy atom. The minimum Gasteiger partial charge on any atom is -0.477 e. The first-order valence-corrected chi connectivity index (χ1v) is 7.02. The summed E-state index contributed by atoms with van der Waals surface area (Å²) in [5, 5.41) is 0. The topological polar surface area (TPSA) is 29.5 Å². The zero-order valence-electron chi connectivity index (χ0n) is 11.2. The number of rotatable bonds is 2.